The minimum Gasteiger partial charge on any atom is -0.435 e. The Morgan fingerprint density at radius 2 is 1.91 bits per heavy atom. The number of H-pyrrole nitrogens is 1. The molecule has 0 saturated heterocycles. The maximum absolute atomic E-state index is 12.8. The van der Waals surface area contributed by atoms with Crippen LogP contribution in [0.2, 0.25) is 0 Å². The van der Waals surface area contributed by atoms with Gasteiger partial charge in [0.25, 0.3) is 5.56 Å². The molecule has 0 aliphatic heterocycles. The molecule has 1 aromatic heterocycles. The van der Waals surface area contributed by atoms with E-state index in [0.29, 0.717) is 35.3 Å². The van der Waals surface area contributed by atoms with Crippen molar-refractivity contribution in [3.8, 4) is 11.8 Å². The third-order valence-electron chi connectivity index (χ3n) is 5.32. The second-order valence-electron chi connectivity index (χ2n) is 7.58. The molecule has 0 unspecified atom stereocenters. The van der Waals surface area contributed by atoms with Crippen molar-refractivity contribution in [2.75, 3.05) is 5.32 Å². The topological polar surface area (TPSA) is 95.0 Å². The fraction of sp³-hybridized carbons (Fsp3) is 0.240. The highest BCUT2D eigenvalue weighted by molar-refractivity contribution is 5.91. The molecule has 0 atom stereocenters. The Morgan fingerprint density at radius 1 is 1.18 bits per heavy atom. The van der Waals surface area contributed by atoms with Crippen LogP contribution in [0.15, 0.2) is 53.3 Å². The van der Waals surface area contributed by atoms with E-state index in [1.807, 2.05) is 36.4 Å². The molecule has 0 fully saturated rings. The summed E-state index contributed by atoms with van der Waals surface area (Å²) in [6, 6.07) is 15.8. The lowest BCUT2D eigenvalue weighted by Crippen LogP contribution is -2.18. The predicted octanol–water partition coefficient (Wildman–Crippen LogP) is 4.63. The number of aromatic amines is 1. The van der Waals surface area contributed by atoms with Gasteiger partial charge in [-0.25, -0.2) is 0 Å². The van der Waals surface area contributed by atoms with E-state index >= 15 is 0 Å². The van der Waals surface area contributed by atoms with E-state index < -0.39 is 12.2 Å². The van der Waals surface area contributed by atoms with Crippen molar-refractivity contribution in [3.05, 3.63) is 92.4 Å². The zero-order valence-electron chi connectivity index (χ0n) is 18.2. The molecule has 8 heteroatoms. The summed E-state index contributed by atoms with van der Waals surface area (Å²) in [5.41, 5.74) is 3.40. The van der Waals surface area contributed by atoms with E-state index in [1.54, 1.807) is 19.9 Å². The molecule has 0 aliphatic rings. The highest BCUT2D eigenvalue weighted by atomic mass is 19.3. The first kappa shape index (κ1) is 23.7. The number of aromatic nitrogens is 1. The van der Waals surface area contributed by atoms with E-state index in [-0.39, 0.29) is 23.6 Å². The molecule has 3 rings (SSSR count). The molecule has 2 aromatic carbocycles. The van der Waals surface area contributed by atoms with Gasteiger partial charge in [0.15, 0.2) is 0 Å². The number of amides is 1. The van der Waals surface area contributed by atoms with Gasteiger partial charge in [0, 0.05) is 29.8 Å². The van der Waals surface area contributed by atoms with Crippen molar-refractivity contribution in [2.24, 2.45) is 0 Å². The van der Waals surface area contributed by atoms with Crippen molar-refractivity contribution in [3.63, 3.8) is 0 Å². The Balaban J connectivity index is 1.75. The number of alkyl halides is 2. The van der Waals surface area contributed by atoms with Gasteiger partial charge in [-0.15, -0.1) is 0 Å². The van der Waals surface area contributed by atoms with Gasteiger partial charge in [-0.2, -0.15) is 14.0 Å². The van der Waals surface area contributed by atoms with Gasteiger partial charge in [0.2, 0.25) is 5.91 Å². The van der Waals surface area contributed by atoms with Crippen LogP contribution in [0.5, 0.6) is 5.75 Å². The summed E-state index contributed by atoms with van der Waals surface area (Å²) in [5.74, 6) is -0.234. The minimum absolute atomic E-state index is 0.0381. The van der Waals surface area contributed by atoms with Crippen LogP contribution >= 0.6 is 0 Å². The number of halogens is 2. The zero-order valence-corrected chi connectivity index (χ0v) is 18.2. The van der Waals surface area contributed by atoms with Gasteiger partial charge in [-0.3, -0.25) is 9.59 Å². The molecular weight excluding hydrogens is 428 g/mol. The lowest BCUT2D eigenvalue weighted by molar-refractivity contribution is -0.116. The van der Waals surface area contributed by atoms with E-state index in [2.05, 4.69) is 15.0 Å². The van der Waals surface area contributed by atoms with Crippen molar-refractivity contribution in [1.82, 2.24) is 4.98 Å². The summed E-state index contributed by atoms with van der Waals surface area (Å²) < 4.78 is 30.3. The molecule has 6 nitrogen and oxygen atoms in total. The summed E-state index contributed by atoms with van der Waals surface area (Å²) >= 11 is 0. The Morgan fingerprint density at radius 3 is 2.58 bits per heavy atom. The number of hydrogen-bond acceptors (Lipinski definition) is 4. The molecule has 0 saturated carbocycles. The summed E-state index contributed by atoms with van der Waals surface area (Å²) in [6.45, 7) is 0.452. The fourth-order valence-corrected chi connectivity index (χ4v) is 3.70. The number of benzene rings is 2. The van der Waals surface area contributed by atoms with Crippen LogP contribution in [0.1, 0.15) is 39.9 Å². The average Bonchev–Trinajstić information content (AvgIpc) is 2.76. The third kappa shape index (κ3) is 6.04. The molecule has 33 heavy (non-hydrogen) atoms. The maximum Gasteiger partial charge on any atom is 0.387 e. The van der Waals surface area contributed by atoms with E-state index in [9.17, 15) is 23.6 Å². The van der Waals surface area contributed by atoms with Gasteiger partial charge in [0.05, 0.1) is 0 Å². The van der Waals surface area contributed by atoms with Gasteiger partial charge in [0.1, 0.15) is 17.4 Å². The molecule has 0 bridgehead atoms. The van der Waals surface area contributed by atoms with Crippen molar-refractivity contribution in [1.29, 1.82) is 5.26 Å². The van der Waals surface area contributed by atoms with Crippen molar-refractivity contribution in [2.45, 2.75) is 39.7 Å². The van der Waals surface area contributed by atoms with E-state index in [4.69, 9.17) is 0 Å². The lowest BCUT2D eigenvalue weighted by atomic mass is 9.99. The van der Waals surface area contributed by atoms with Crippen molar-refractivity contribution < 1.29 is 18.3 Å². The molecular formula is C25H23F2N3O3. The molecule has 3 aromatic rings. The Labute approximate surface area is 189 Å². The first-order chi connectivity index (χ1) is 15.8. The molecule has 1 amide bonds. The maximum atomic E-state index is 12.8. The normalized spacial score (nSPS) is 10.7. The van der Waals surface area contributed by atoms with Gasteiger partial charge in [-0.05, 0) is 55.2 Å². The van der Waals surface area contributed by atoms with Gasteiger partial charge in [-0.1, -0.05) is 30.3 Å². The molecule has 0 radical (unpaired) electrons. The van der Waals surface area contributed by atoms with E-state index in [1.165, 1.54) is 12.1 Å². The van der Waals surface area contributed by atoms with Crippen LogP contribution < -0.4 is 15.6 Å². The molecule has 170 valence electrons. The smallest absolute Gasteiger partial charge is 0.387 e. The molecule has 1 heterocycles. The lowest BCUT2D eigenvalue weighted by Gasteiger charge is -2.14. The highest BCUT2D eigenvalue weighted by Crippen LogP contribution is 2.27. The first-order valence-electron chi connectivity index (χ1n) is 10.3. The van der Waals surface area contributed by atoms with Crippen LogP contribution in [-0.2, 0) is 17.6 Å². The number of rotatable bonds is 8. The predicted molar refractivity (Wildman–Crippen MR) is 121 cm³/mol. The van der Waals surface area contributed by atoms with Crippen LogP contribution in [0, 0.1) is 25.2 Å². The monoisotopic (exact) mass is 451 g/mol. The van der Waals surface area contributed by atoms with E-state index in [0.717, 1.165) is 11.1 Å². The summed E-state index contributed by atoms with van der Waals surface area (Å²) in [5, 5.41) is 12.0. The van der Waals surface area contributed by atoms with Crippen molar-refractivity contribution >= 4 is 11.6 Å². The van der Waals surface area contributed by atoms with Gasteiger partial charge < -0.3 is 15.0 Å². The average molecular weight is 451 g/mol. The summed E-state index contributed by atoms with van der Waals surface area (Å²) in [6.07, 6.45) is 0.805. The SMILES string of the molecule is Cc1[nH]c(=O)c(C#N)c(C)c1CCC(=O)Nc1ccc(OC(F)F)c(Cc2ccccc2)c1. The number of carbonyl (C=O) groups is 1. The van der Waals surface area contributed by atoms with Crippen LogP contribution in [0.25, 0.3) is 0 Å². The number of nitrogens with zero attached hydrogens (tertiary/aromatic N) is 1. The third-order valence-corrected chi connectivity index (χ3v) is 5.32. The Kier molecular flexibility index (Phi) is 7.57. The number of aryl methyl sites for hydroxylation is 1. The second-order valence-corrected chi connectivity index (χ2v) is 7.58. The quantitative estimate of drug-likeness (QED) is 0.522. The highest BCUT2D eigenvalue weighted by Gasteiger charge is 2.15. The molecule has 0 spiro atoms. The number of nitriles is 1. The van der Waals surface area contributed by atoms with Gasteiger partial charge >= 0.3 is 6.61 Å². The Bertz CT molecular complexity index is 1250. The summed E-state index contributed by atoms with van der Waals surface area (Å²) in [7, 11) is 0. The number of hydrogen-bond donors (Lipinski definition) is 2. The minimum atomic E-state index is -2.96. The largest absolute Gasteiger partial charge is 0.435 e. The number of carbonyl (C=O) groups excluding carboxylic acids is 1. The molecule has 2 N–H and O–H groups in total. The number of ether oxygens (including phenoxy) is 1. The summed E-state index contributed by atoms with van der Waals surface area (Å²) in [4.78, 5) is 27.1. The zero-order chi connectivity index (χ0) is 24.0. The van der Waals surface area contributed by atoms with Crippen LogP contribution in [0.4, 0.5) is 14.5 Å². The number of nitrogens with one attached hydrogen (secondary N) is 2. The number of anilines is 1. The standard InChI is InChI=1S/C25H23F2N3O3/c1-15-20(16(2)29-24(32)21(15)14-28)9-11-23(31)30-19-8-10-22(33-25(26)27)18(13-19)12-17-6-4-3-5-7-17/h3-8,10,13,25H,9,11-12H2,1-2H3,(H,29,32)(H,30,31). The molecule has 0 aliphatic carbocycles. The van der Waals surface area contributed by atoms with Crippen LogP contribution in [-0.4, -0.2) is 17.5 Å². The van der Waals surface area contributed by atoms with Crippen LogP contribution in [0.3, 0.4) is 0 Å². The first-order valence-corrected chi connectivity index (χ1v) is 10.3. The second kappa shape index (κ2) is 10.6. The Hall–Kier alpha value is -3.99. The fourth-order valence-electron chi connectivity index (χ4n) is 3.70. The number of pyridine rings is 1.